The van der Waals surface area contributed by atoms with Crippen LogP contribution in [0.3, 0.4) is 0 Å². The van der Waals surface area contributed by atoms with E-state index in [-0.39, 0.29) is 57.8 Å². The van der Waals surface area contributed by atoms with Crippen molar-refractivity contribution in [1.29, 1.82) is 0 Å². The third kappa shape index (κ3) is 11.5. The van der Waals surface area contributed by atoms with Crippen molar-refractivity contribution in [2.75, 3.05) is 12.3 Å². The fourth-order valence-electron chi connectivity index (χ4n) is 5.48. The minimum atomic E-state index is -3.45. The molecule has 2 aromatic rings. The molecule has 0 aliphatic heterocycles. The van der Waals surface area contributed by atoms with Crippen molar-refractivity contribution in [1.82, 2.24) is 0 Å². The van der Waals surface area contributed by atoms with Gasteiger partial charge >= 0.3 is 281 Å². The van der Waals surface area contributed by atoms with Crippen molar-refractivity contribution in [2.45, 2.75) is 122 Å². The molecule has 43 heavy (non-hydrogen) atoms. The monoisotopic (exact) mass is 662 g/mol. The Hall–Kier alpha value is -0.320. The van der Waals surface area contributed by atoms with Gasteiger partial charge in [-0.3, -0.25) is 0 Å². The number of hydrogen-bond donors (Lipinski definition) is 4. The van der Waals surface area contributed by atoms with Crippen LogP contribution in [0.2, 0.25) is 5.04 Å². The second-order valence-electron chi connectivity index (χ2n) is 16.6. The molecule has 6 nitrogen and oxygen atoms in total. The van der Waals surface area contributed by atoms with E-state index in [1.807, 2.05) is 107 Å². The molecule has 0 saturated carbocycles. The van der Waals surface area contributed by atoms with Crippen LogP contribution in [-0.4, -0.2) is 66.2 Å². The van der Waals surface area contributed by atoms with Crippen LogP contribution in [0.4, 0.5) is 0 Å². The normalized spacial score (nSPS) is 16.0. The molecule has 0 aromatic heterocycles. The van der Waals surface area contributed by atoms with Crippen LogP contribution in [0.25, 0.3) is 0 Å². The Balaban J connectivity index is 2.08. The van der Waals surface area contributed by atoms with E-state index in [2.05, 4.69) is 0 Å². The topological polar surface area (TPSA) is 115 Å². The summed E-state index contributed by atoms with van der Waals surface area (Å²) in [5.74, 6) is 0.521. The van der Waals surface area contributed by atoms with E-state index in [1.165, 1.54) is 0 Å². The number of benzene rings is 2. The molecular formula is C34H56CaO6P2. The molecule has 2 aromatic carbocycles. The maximum absolute atomic E-state index is 13.2. The molecule has 0 heterocycles. The molecule has 0 saturated heterocycles. The number of aromatic hydroxyl groups is 2. The van der Waals surface area contributed by atoms with E-state index in [1.54, 1.807) is 0 Å². The summed E-state index contributed by atoms with van der Waals surface area (Å²) in [6.45, 7) is 24.3. The number of phenols is 2. The molecule has 240 valence electrons. The van der Waals surface area contributed by atoms with Crippen LogP contribution in [0.5, 0.6) is 11.5 Å². The Morgan fingerprint density at radius 2 is 0.767 bits per heavy atom. The first-order valence-electron chi connectivity index (χ1n) is 15.5. The predicted molar refractivity (Wildman–Crippen MR) is 183 cm³/mol. The van der Waals surface area contributed by atoms with Gasteiger partial charge in [0.15, 0.2) is 0 Å². The minimum absolute atomic E-state index is 0.0627. The van der Waals surface area contributed by atoms with Crippen LogP contribution < -0.4 is 0 Å². The molecule has 9 heteroatoms. The van der Waals surface area contributed by atoms with Crippen molar-refractivity contribution < 1.29 is 29.1 Å². The molecule has 0 bridgehead atoms. The van der Waals surface area contributed by atoms with Gasteiger partial charge in [0, 0.05) is 0 Å². The van der Waals surface area contributed by atoms with Gasteiger partial charge in [-0.25, -0.2) is 0 Å². The molecule has 0 radical (unpaired) electrons. The molecule has 0 spiro atoms. The van der Waals surface area contributed by atoms with Gasteiger partial charge in [-0.05, 0) is 0 Å². The molecular weight excluding hydrogens is 606 g/mol. The second-order valence-corrected chi connectivity index (χ2v) is 24.8. The van der Waals surface area contributed by atoms with Gasteiger partial charge in [0.05, 0.1) is 0 Å². The van der Waals surface area contributed by atoms with Crippen molar-refractivity contribution in [3.05, 3.63) is 57.6 Å². The van der Waals surface area contributed by atoms with Crippen LogP contribution >= 0.6 is 14.7 Å². The first kappa shape index (κ1) is 38.9. The molecule has 2 atom stereocenters. The van der Waals surface area contributed by atoms with E-state index in [0.717, 1.165) is 33.4 Å². The Bertz CT molecular complexity index is 1210. The summed E-state index contributed by atoms with van der Waals surface area (Å²) in [7, 11) is -6.89. The number of hydrogen-bond acceptors (Lipinski definition) is 4. The average molecular weight is 663 g/mol. The van der Waals surface area contributed by atoms with Gasteiger partial charge in [0.2, 0.25) is 0 Å². The van der Waals surface area contributed by atoms with Crippen molar-refractivity contribution >= 4 is 48.6 Å². The van der Waals surface area contributed by atoms with Gasteiger partial charge in [-0.1, -0.05) is 0 Å². The Kier molecular flexibility index (Phi) is 12.5. The van der Waals surface area contributed by atoms with Crippen molar-refractivity contribution in [2.24, 2.45) is 0 Å². The summed E-state index contributed by atoms with van der Waals surface area (Å²) < 4.78 is 27.8. The van der Waals surface area contributed by atoms with Crippen LogP contribution in [0.15, 0.2) is 24.3 Å². The zero-order chi connectivity index (χ0) is 33.4. The maximum atomic E-state index is 13.2. The van der Waals surface area contributed by atoms with E-state index in [4.69, 9.17) is 0 Å². The molecule has 2 rings (SSSR count). The molecule has 0 aliphatic carbocycles. The standard InChI is InChI=1S/2C17H28O3P.Ca/c2*1-8-21(19,20)11-12-9-13(16(2,3)4)15(18)14(10-12)17(5,6)7;/h2*9-10,18H,1,8,11H2,2-7H3,(H,19,20);. The summed E-state index contributed by atoms with van der Waals surface area (Å²) in [5.41, 5.74) is 3.42. The SMILES string of the molecule is CC(C)(C)c1cc(CP(=O)(O)C[CH2][Ca][CH2]CP(=O)(O)Cc2cc(C(C)(C)C)c(O)c(C(C)(C)C)c2)cc(C(C)(C)C)c1O. The van der Waals surface area contributed by atoms with Gasteiger partial charge in [-0.2, -0.15) is 0 Å². The molecule has 0 aliphatic rings. The molecule has 0 fully saturated rings. The summed E-state index contributed by atoms with van der Waals surface area (Å²) in [5, 5.41) is 21.9. The van der Waals surface area contributed by atoms with Crippen LogP contribution in [0, 0.1) is 0 Å². The first-order valence-corrected chi connectivity index (χ1v) is 22.7. The van der Waals surface area contributed by atoms with Gasteiger partial charge in [-0.15, -0.1) is 0 Å². The Morgan fingerprint density at radius 1 is 0.535 bits per heavy atom. The van der Waals surface area contributed by atoms with E-state index >= 15 is 0 Å². The third-order valence-corrected chi connectivity index (χ3v) is 16.2. The summed E-state index contributed by atoms with van der Waals surface area (Å²) in [4.78, 5) is 21.8. The van der Waals surface area contributed by atoms with Crippen LogP contribution in [-0.2, 0) is 43.1 Å². The van der Waals surface area contributed by atoms with Gasteiger partial charge in [0.25, 0.3) is 0 Å². The quantitative estimate of drug-likeness (QED) is 0.115. The molecule has 0 amide bonds. The molecule has 4 N–H and O–H groups in total. The third-order valence-electron chi connectivity index (χ3n) is 7.95. The Labute approximate surface area is 279 Å². The predicted octanol–water partition coefficient (Wildman–Crippen LogP) is 9.07. The van der Waals surface area contributed by atoms with E-state index in [9.17, 15) is 29.1 Å². The fourth-order valence-corrected chi connectivity index (χ4v) is 16.0. The summed E-state index contributed by atoms with van der Waals surface area (Å²) in [6.07, 6.45) is 0.572. The number of phenolic OH excluding ortho intramolecular Hbond substituents is 2. The second kappa shape index (κ2) is 13.8. The van der Waals surface area contributed by atoms with E-state index in [0.29, 0.717) is 5.04 Å². The molecule has 2 unspecified atom stereocenters. The fraction of sp³-hybridized carbons (Fsp3) is 0.647. The number of rotatable bonds is 10. The zero-order valence-corrected chi connectivity index (χ0v) is 32.8. The van der Waals surface area contributed by atoms with Crippen LogP contribution in [0.1, 0.15) is 116 Å². The first-order chi connectivity index (χ1) is 19.1. The van der Waals surface area contributed by atoms with Crippen molar-refractivity contribution in [3.8, 4) is 11.5 Å². The van der Waals surface area contributed by atoms with Gasteiger partial charge < -0.3 is 0 Å². The Morgan fingerprint density at radius 3 is 0.977 bits per heavy atom. The van der Waals surface area contributed by atoms with Crippen molar-refractivity contribution in [3.63, 3.8) is 0 Å². The van der Waals surface area contributed by atoms with E-state index < -0.39 is 48.6 Å². The zero-order valence-electron chi connectivity index (χ0n) is 28.8. The summed E-state index contributed by atoms with van der Waals surface area (Å²) in [6, 6.07) is 7.49. The summed E-state index contributed by atoms with van der Waals surface area (Å²) >= 11 is -1.29. The average Bonchev–Trinajstić information content (AvgIpc) is 2.77. The van der Waals surface area contributed by atoms with Gasteiger partial charge in [0.1, 0.15) is 0 Å².